The molecule has 3 rings (SSSR count). The minimum atomic E-state index is -1.63. The molecule has 10 heteroatoms. The topological polar surface area (TPSA) is 92.5 Å². The lowest BCUT2D eigenvalue weighted by Gasteiger charge is -2.23. The van der Waals surface area contributed by atoms with Crippen molar-refractivity contribution in [3.8, 4) is 0 Å². The smallest absolute Gasteiger partial charge is 0.347 e. The van der Waals surface area contributed by atoms with E-state index in [0.29, 0.717) is 21.6 Å². The van der Waals surface area contributed by atoms with E-state index in [-0.39, 0.29) is 18.2 Å². The number of carbonyl (C=O) groups excluding carboxylic acids is 2. The van der Waals surface area contributed by atoms with Gasteiger partial charge in [-0.2, -0.15) is 0 Å². The van der Waals surface area contributed by atoms with Crippen LogP contribution in [-0.2, 0) is 23.8 Å². The van der Waals surface area contributed by atoms with E-state index < -0.39 is 24.3 Å². The first-order valence-corrected chi connectivity index (χ1v) is 9.95. The molecular formula is C20H19Cl2N3O5. The number of rotatable bonds is 8. The van der Waals surface area contributed by atoms with Crippen molar-refractivity contribution >= 4 is 46.2 Å². The summed E-state index contributed by atoms with van der Waals surface area (Å²) in [4.78, 5) is 24.9. The molecule has 1 heterocycles. The van der Waals surface area contributed by atoms with Gasteiger partial charge in [-0.25, -0.2) is 14.3 Å². The Labute approximate surface area is 182 Å². The third-order valence-corrected chi connectivity index (χ3v) is 4.83. The van der Waals surface area contributed by atoms with E-state index in [2.05, 4.69) is 10.3 Å². The molecule has 0 aliphatic heterocycles. The highest BCUT2D eigenvalue weighted by atomic mass is 35.5. The summed E-state index contributed by atoms with van der Waals surface area (Å²) in [6.45, 7) is 3.40. The molecule has 0 spiro atoms. The number of nitrogens with zero attached hydrogens (tertiary/aromatic N) is 3. The summed E-state index contributed by atoms with van der Waals surface area (Å²) in [6, 6.07) is 12.0. The third kappa shape index (κ3) is 4.72. The zero-order chi connectivity index (χ0) is 21.7. The number of hydrogen-bond donors (Lipinski definition) is 0. The van der Waals surface area contributed by atoms with E-state index in [1.165, 1.54) is 4.68 Å². The average molecular weight is 452 g/mol. The second kappa shape index (κ2) is 9.88. The van der Waals surface area contributed by atoms with Crippen molar-refractivity contribution in [2.45, 2.75) is 26.2 Å². The van der Waals surface area contributed by atoms with Gasteiger partial charge in [0.25, 0.3) is 6.10 Å². The Morgan fingerprint density at radius 2 is 1.67 bits per heavy atom. The minimum absolute atomic E-state index is 0.0712. The molecule has 1 aromatic heterocycles. The van der Waals surface area contributed by atoms with Crippen LogP contribution in [0.4, 0.5) is 0 Å². The molecule has 0 radical (unpaired) electrons. The molecule has 30 heavy (non-hydrogen) atoms. The fourth-order valence-electron chi connectivity index (χ4n) is 2.78. The lowest BCUT2D eigenvalue weighted by molar-refractivity contribution is -0.179. The molecule has 0 N–H and O–H groups in total. The van der Waals surface area contributed by atoms with Crippen molar-refractivity contribution in [3.63, 3.8) is 0 Å². The van der Waals surface area contributed by atoms with Gasteiger partial charge in [-0.05, 0) is 38.1 Å². The van der Waals surface area contributed by atoms with Crippen LogP contribution in [0.5, 0.6) is 0 Å². The summed E-state index contributed by atoms with van der Waals surface area (Å²) in [5.41, 5.74) is 1.73. The number of benzene rings is 2. The number of aromatic nitrogens is 3. The molecule has 0 saturated carbocycles. The molecule has 2 aromatic carbocycles. The highest BCUT2D eigenvalue weighted by Crippen LogP contribution is 2.30. The van der Waals surface area contributed by atoms with Crippen LogP contribution in [0.1, 0.15) is 25.6 Å². The van der Waals surface area contributed by atoms with E-state index in [4.69, 9.17) is 37.4 Å². The van der Waals surface area contributed by atoms with Crippen LogP contribution in [0.3, 0.4) is 0 Å². The third-order valence-electron chi connectivity index (χ3n) is 4.09. The maximum Gasteiger partial charge on any atom is 0.347 e. The molecule has 0 saturated heterocycles. The molecule has 0 aliphatic rings. The van der Waals surface area contributed by atoms with Gasteiger partial charge in [0.15, 0.2) is 6.23 Å². The summed E-state index contributed by atoms with van der Waals surface area (Å²) >= 11 is 12.2. The van der Waals surface area contributed by atoms with Gasteiger partial charge in [0.2, 0.25) is 0 Å². The molecule has 0 unspecified atom stereocenters. The number of halogens is 2. The van der Waals surface area contributed by atoms with E-state index in [1.807, 2.05) is 12.1 Å². The van der Waals surface area contributed by atoms with Gasteiger partial charge in [0.05, 0.1) is 28.8 Å². The average Bonchev–Trinajstić information content (AvgIpc) is 3.15. The molecule has 158 valence electrons. The summed E-state index contributed by atoms with van der Waals surface area (Å²) in [5, 5.41) is 8.88. The number of fused-ring (bicyclic) bond motifs is 1. The lowest BCUT2D eigenvalue weighted by atomic mass is 10.2. The fraction of sp³-hybridized carbons (Fsp3) is 0.300. The quantitative estimate of drug-likeness (QED) is 0.379. The van der Waals surface area contributed by atoms with Gasteiger partial charge in [-0.1, -0.05) is 46.6 Å². The number of carbonyl (C=O) groups is 2. The van der Waals surface area contributed by atoms with Crippen molar-refractivity contribution in [3.05, 3.63) is 58.1 Å². The first-order valence-electron chi connectivity index (χ1n) is 9.19. The molecule has 0 aliphatic carbocycles. The Kier molecular flexibility index (Phi) is 7.25. The van der Waals surface area contributed by atoms with E-state index in [9.17, 15) is 9.59 Å². The summed E-state index contributed by atoms with van der Waals surface area (Å²) in [6.07, 6.45) is -2.67. The van der Waals surface area contributed by atoms with Crippen LogP contribution in [0, 0.1) is 0 Å². The number of esters is 2. The van der Waals surface area contributed by atoms with Crippen LogP contribution in [0.2, 0.25) is 10.0 Å². The summed E-state index contributed by atoms with van der Waals surface area (Å²) < 4.78 is 17.4. The maximum atomic E-state index is 12.4. The van der Waals surface area contributed by atoms with Crippen LogP contribution in [-0.4, -0.2) is 46.3 Å². The van der Waals surface area contributed by atoms with Gasteiger partial charge < -0.3 is 14.2 Å². The maximum absolute atomic E-state index is 12.4. The molecule has 8 nitrogen and oxygen atoms in total. The molecule has 1 atom stereocenters. The Morgan fingerprint density at radius 1 is 1.00 bits per heavy atom. The predicted octanol–water partition coefficient (Wildman–Crippen LogP) is 3.80. The van der Waals surface area contributed by atoms with Crippen molar-refractivity contribution in [2.24, 2.45) is 0 Å². The minimum Gasteiger partial charge on any atom is -0.464 e. The Bertz CT molecular complexity index is 1040. The molecular weight excluding hydrogens is 433 g/mol. The monoisotopic (exact) mass is 451 g/mol. The predicted molar refractivity (Wildman–Crippen MR) is 110 cm³/mol. The number of para-hydroxylation sites is 1. The lowest BCUT2D eigenvalue weighted by Crippen LogP contribution is -2.38. The first-order chi connectivity index (χ1) is 14.5. The normalized spacial score (nSPS) is 12.2. The van der Waals surface area contributed by atoms with Gasteiger partial charge in [-0.15, -0.1) is 5.10 Å². The molecule has 3 aromatic rings. The summed E-state index contributed by atoms with van der Waals surface area (Å²) in [7, 11) is 0. The second-order valence-electron chi connectivity index (χ2n) is 6.07. The highest BCUT2D eigenvalue weighted by Gasteiger charge is 2.35. The van der Waals surface area contributed by atoms with Crippen molar-refractivity contribution in [1.29, 1.82) is 0 Å². The molecule has 0 bridgehead atoms. The highest BCUT2D eigenvalue weighted by molar-refractivity contribution is 6.42. The van der Waals surface area contributed by atoms with Crippen molar-refractivity contribution in [2.75, 3.05) is 13.2 Å². The van der Waals surface area contributed by atoms with Crippen molar-refractivity contribution in [1.82, 2.24) is 15.0 Å². The van der Waals surface area contributed by atoms with Gasteiger partial charge >= 0.3 is 11.9 Å². The Balaban J connectivity index is 2.09. The van der Waals surface area contributed by atoms with E-state index in [0.717, 1.165) is 0 Å². The SMILES string of the molecule is CCOC(=O)C(O[C@H](c1ccc(Cl)c(Cl)c1)n1nnc2ccccc21)C(=O)OCC. The first kappa shape index (κ1) is 22.0. The van der Waals surface area contributed by atoms with Crippen LogP contribution in [0.25, 0.3) is 11.0 Å². The van der Waals surface area contributed by atoms with E-state index in [1.54, 1.807) is 44.2 Å². The van der Waals surface area contributed by atoms with Crippen LogP contribution in [0.15, 0.2) is 42.5 Å². The number of ether oxygens (including phenoxy) is 3. The molecule has 0 amide bonds. The molecule has 0 fully saturated rings. The van der Waals surface area contributed by atoms with Gasteiger partial charge in [-0.3, -0.25) is 0 Å². The second-order valence-corrected chi connectivity index (χ2v) is 6.88. The largest absolute Gasteiger partial charge is 0.464 e. The Morgan fingerprint density at radius 3 is 2.30 bits per heavy atom. The van der Waals surface area contributed by atoms with Crippen LogP contribution < -0.4 is 0 Å². The zero-order valence-electron chi connectivity index (χ0n) is 16.2. The number of hydrogen-bond acceptors (Lipinski definition) is 7. The van der Waals surface area contributed by atoms with Crippen LogP contribution >= 0.6 is 23.2 Å². The van der Waals surface area contributed by atoms with Gasteiger partial charge in [0, 0.05) is 5.56 Å². The zero-order valence-corrected chi connectivity index (χ0v) is 17.8. The van der Waals surface area contributed by atoms with Gasteiger partial charge in [0.1, 0.15) is 5.52 Å². The fourth-order valence-corrected chi connectivity index (χ4v) is 3.08. The standard InChI is InChI=1S/C20H19Cl2N3O5/c1-3-28-19(26)17(20(27)29-4-2)30-18(12-9-10-13(21)14(22)11-12)25-16-8-6-5-7-15(16)23-24-25/h5-11,17-18H,3-4H2,1-2H3/t18-/m1/s1. The summed E-state index contributed by atoms with van der Waals surface area (Å²) in [5.74, 6) is -1.74. The van der Waals surface area contributed by atoms with Crippen molar-refractivity contribution < 1.29 is 23.8 Å². The Hall–Kier alpha value is -2.68. The van der Waals surface area contributed by atoms with E-state index >= 15 is 0 Å².